The molecule has 0 unspecified atom stereocenters. The zero-order valence-corrected chi connectivity index (χ0v) is 15.0. The van der Waals surface area contributed by atoms with E-state index in [4.69, 9.17) is 9.47 Å². The summed E-state index contributed by atoms with van der Waals surface area (Å²) in [5, 5.41) is 2.90. The molecular formula is C20H23N3O3. The molecule has 1 heterocycles. The van der Waals surface area contributed by atoms with Gasteiger partial charge in [-0.1, -0.05) is 12.1 Å². The van der Waals surface area contributed by atoms with Gasteiger partial charge in [0.05, 0.1) is 30.5 Å². The van der Waals surface area contributed by atoms with Crippen LogP contribution in [0, 0.1) is 0 Å². The molecule has 0 aliphatic rings. The second-order valence-electron chi connectivity index (χ2n) is 5.86. The van der Waals surface area contributed by atoms with E-state index < -0.39 is 0 Å². The molecule has 0 saturated heterocycles. The Morgan fingerprint density at radius 2 is 1.81 bits per heavy atom. The first kappa shape index (κ1) is 17.8. The molecule has 1 amide bonds. The SMILES string of the molecule is CCOc1ccc(OCCNC(=O)[C@H](C)n2cnc3ccccc32)cc1. The maximum atomic E-state index is 12.4. The highest BCUT2D eigenvalue weighted by molar-refractivity contribution is 5.83. The third-order valence-corrected chi connectivity index (χ3v) is 4.08. The predicted octanol–water partition coefficient (Wildman–Crippen LogP) is 3.19. The Bertz CT molecular complexity index is 858. The maximum absolute atomic E-state index is 12.4. The lowest BCUT2D eigenvalue weighted by Gasteiger charge is -2.15. The smallest absolute Gasteiger partial charge is 0.242 e. The van der Waals surface area contributed by atoms with Gasteiger partial charge in [0.1, 0.15) is 24.1 Å². The number of carbonyl (C=O) groups excluding carboxylic acids is 1. The number of amides is 1. The number of aromatic nitrogens is 2. The van der Waals surface area contributed by atoms with Crippen LogP contribution in [0.5, 0.6) is 11.5 Å². The summed E-state index contributed by atoms with van der Waals surface area (Å²) in [7, 11) is 0. The number of hydrogen-bond donors (Lipinski definition) is 1. The summed E-state index contributed by atoms with van der Waals surface area (Å²) in [6.07, 6.45) is 1.70. The first-order chi connectivity index (χ1) is 12.7. The number of rotatable bonds is 8. The highest BCUT2D eigenvalue weighted by Crippen LogP contribution is 2.18. The second kappa shape index (κ2) is 8.38. The van der Waals surface area contributed by atoms with E-state index in [0.717, 1.165) is 22.5 Å². The molecule has 0 aliphatic carbocycles. The minimum Gasteiger partial charge on any atom is -0.494 e. The van der Waals surface area contributed by atoms with Crippen LogP contribution in [0.1, 0.15) is 19.9 Å². The van der Waals surface area contributed by atoms with Crippen molar-refractivity contribution in [3.8, 4) is 11.5 Å². The number of imidazole rings is 1. The normalized spacial score (nSPS) is 11.9. The molecular weight excluding hydrogens is 330 g/mol. The summed E-state index contributed by atoms with van der Waals surface area (Å²) >= 11 is 0. The number of nitrogens with one attached hydrogen (secondary N) is 1. The topological polar surface area (TPSA) is 65.4 Å². The van der Waals surface area contributed by atoms with Gasteiger partial charge in [-0.05, 0) is 50.2 Å². The standard InChI is InChI=1S/C20H23N3O3/c1-3-25-16-8-10-17(11-9-16)26-13-12-21-20(24)15(2)23-14-22-18-6-4-5-7-19(18)23/h4-11,14-15H,3,12-13H2,1-2H3,(H,21,24)/t15-/m0/s1. The Kier molecular flexibility index (Phi) is 5.73. The number of fused-ring (bicyclic) bond motifs is 1. The number of hydrogen-bond acceptors (Lipinski definition) is 4. The Hall–Kier alpha value is -3.02. The number of benzene rings is 2. The lowest BCUT2D eigenvalue weighted by molar-refractivity contribution is -0.123. The average Bonchev–Trinajstić information content (AvgIpc) is 3.10. The van der Waals surface area contributed by atoms with E-state index in [1.165, 1.54) is 0 Å². The number of para-hydroxylation sites is 2. The van der Waals surface area contributed by atoms with Crippen molar-refractivity contribution in [1.82, 2.24) is 14.9 Å². The van der Waals surface area contributed by atoms with Crippen molar-refractivity contribution in [2.45, 2.75) is 19.9 Å². The van der Waals surface area contributed by atoms with Crippen molar-refractivity contribution in [1.29, 1.82) is 0 Å². The lowest BCUT2D eigenvalue weighted by atomic mass is 10.2. The predicted molar refractivity (Wildman–Crippen MR) is 101 cm³/mol. The van der Waals surface area contributed by atoms with Crippen LogP contribution in [0.3, 0.4) is 0 Å². The molecule has 1 N–H and O–H groups in total. The van der Waals surface area contributed by atoms with E-state index in [2.05, 4.69) is 10.3 Å². The Morgan fingerprint density at radius 3 is 2.54 bits per heavy atom. The fourth-order valence-corrected chi connectivity index (χ4v) is 2.70. The first-order valence-electron chi connectivity index (χ1n) is 8.74. The quantitative estimate of drug-likeness (QED) is 0.632. The molecule has 1 atom stereocenters. The van der Waals surface area contributed by atoms with Crippen molar-refractivity contribution < 1.29 is 14.3 Å². The molecule has 0 bridgehead atoms. The molecule has 26 heavy (non-hydrogen) atoms. The zero-order valence-electron chi connectivity index (χ0n) is 15.0. The van der Waals surface area contributed by atoms with Gasteiger partial charge in [0.2, 0.25) is 5.91 Å². The fraction of sp³-hybridized carbons (Fsp3) is 0.300. The Morgan fingerprint density at radius 1 is 1.12 bits per heavy atom. The molecule has 0 radical (unpaired) electrons. The Labute approximate surface area is 152 Å². The van der Waals surface area contributed by atoms with Crippen LogP contribution in [0.2, 0.25) is 0 Å². The zero-order chi connectivity index (χ0) is 18.4. The highest BCUT2D eigenvalue weighted by atomic mass is 16.5. The maximum Gasteiger partial charge on any atom is 0.242 e. The van der Waals surface area contributed by atoms with Gasteiger partial charge < -0.3 is 19.4 Å². The van der Waals surface area contributed by atoms with Crippen molar-refractivity contribution in [3.63, 3.8) is 0 Å². The summed E-state index contributed by atoms with van der Waals surface area (Å²) in [5.74, 6) is 1.49. The summed E-state index contributed by atoms with van der Waals surface area (Å²) in [4.78, 5) is 16.7. The van der Waals surface area contributed by atoms with E-state index in [-0.39, 0.29) is 11.9 Å². The summed E-state index contributed by atoms with van der Waals surface area (Å²) in [6.45, 7) is 5.27. The fourth-order valence-electron chi connectivity index (χ4n) is 2.70. The van der Waals surface area contributed by atoms with E-state index in [0.29, 0.717) is 19.8 Å². The molecule has 0 aliphatic heterocycles. The Balaban J connectivity index is 1.48. The molecule has 2 aromatic carbocycles. The van der Waals surface area contributed by atoms with Crippen LogP contribution in [0.25, 0.3) is 11.0 Å². The van der Waals surface area contributed by atoms with Gasteiger partial charge in [0, 0.05) is 0 Å². The molecule has 136 valence electrons. The van der Waals surface area contributed by atoms with E-state index in [1.807, 2.05) is 66.9 Å². The summed E-state index contributed by atoms with van der Waals surface area (Å²) in [6, 6.07) is 14.9. The molecule has 6 nitrogen and oxygen atoms in total. The molecule has 6 heteroatoms. The van der Waals surface area contributed by atoms with Crippen molar-refractivity contribution in [3.05, 3.63) is 54.9 Å². The molecule has 3 aromatic rings. The van der Waals surface area contributed by atoms with E-state index in [1.54, 1.807) is 6.33 Å². The van der Waals surface area contributed by atoms with Crippen molar-refractivity contribution >= 4 is 16.9 Å². The van der Waals surface area contributed by atoms with Crippen LogP contribution >= 0.6 is 0 Å². The summed E-state index contributed by atoms with van der Waals surface area (Å²) in [5.41, 5.74) is 1.83. The molecule has 1 aromatic heterocycles. The molecule has 0 spiro atoms. The third-order valence-electron chi connectivity index (χ3n) is 4.08. The minimum absolute atomic E-state index is 0.0663. The van der Waals surface area contributed by atoms with E-state index >= 15 is 0 Å². The lowest BCUT2D eigenvalue weighted by Crippen LogP contribution is -2.33. The highest BCUT2D eigenvalue weighted by Gasteiger charge is 2.16. The van der Waals surface area contributed by atoms with Crippen LogP contribution in [0.15, 0.2) is 54.9 Å². The van der Waals surface area contributed by atoms with Gasteiger partial charge in [0.15, 0.2) is 0 Å². The monoisotopic (exact) mass is 353 g/mol. The van der Waals surface area contributed by atoms with Crippen LogP contribution in [-0.4, -0.2) is 35.2 Å². The van der Waals surface area contributed by atoms with Crippen LogP contribution < -0.4 is 14.8 Å². The number of carbonyl (C=O) groups is 1. The number of nitrogens with zero attached hydrogens (tertiary/aromatic N) is 2. The van der Waals surface area contributed by atoms with Crippen LogP contribution in [0.4, 0.5) is 0 Å². The average molecular weight is 353 g/mol. The summed E-state index contributed by atoms with van der Waals surface area (Å²) < 4.78 is 12.9. The first-order valence-corrected chi connectivity index (χ1v) is 8.74. The van der Waals surface area contributed by atoms with Gasteiger partial charge in [-0.15, -0.1) is 0 Å². The van der Waals surface area contributed by atoms with E-state index in [9.17, 15) is 4.79 Å². The minimum atomic E-state index is -0.340. The molecule has 3 rings (SSSR count). The van der Waals surface area contributed by atoms with Crippen molar-refractivity contribution in [2.75, 3.05) is 19.8 Å². The molecule has 0 fully saturated rings. The van der Waals surface area contributed by atoms with Gasteiger partial charge >= 0.3 is 0 Å². The van der Waals surface area contributed by atoms with Gasteiger partial charge in [-0.25, -0.2) is 4.98 Å². The third kappa shape index (κ3) is 4.14. The molecule has 0 saturated carbocycles. The largest absolute Gasteiger partial charge is 0.494 e. The van der Waals surface area contributed by atoms with Gasteiger partial charge in [0.25, 0.3) is 0 Å². The van der Waals surface area contributed by atoms with Gasteiger partial charge in [-0.3, -0.25) is 4.79 Å². The van der Waals surface area contributed by atoms with Crippen molar-refractivity contribution in [2.24, 2.45) is 0 Å². The van der Waals surface area contributed by atoms with Gasteiger partial charge in [-0.2, -0.15) is 0 Å². The number of ether oxygens (including phenoxy) is 2. The van der Waals surface area contributed by atoms with Crippen LogP contribution in [-0.2, 0) is 4.79 Å². The second-order valence-corrected chi connectivity index (χ2v) is 5.86.